The predicted octanol–water partition coefficient (Wildman–Crippen LogP) is 3.42. The Morgan fingerprint density at radius 2 is 1.57 bits per heavy atom. The van der Waals surface area contributed by atoms with Crippen molar-refractivity contribution in [1.82, 2.24) is 5.01 Å². The number of methoxy groups -OCH3 is 4. The van der Waals surface area contributed by atoms with Gasteiger partial charge in [-0.3, -0.25) is 4.79 Å². The second kappa shape index (κ2) is 8.21. The Hall–Kier alpha value is -3.22. The summed E-state index contributed by atoms with van der Waals surface area (Å²) in [5.74, 6) is 2.23. The summed E-state index contributed by atoms with van der Waals surface area (Å²) in [5.41, 5.74) is 2.63. The van der Waals surface area contributed by atoms with E-state index in [9.17, 15) is 4.79 Å². The van der Waals surface area contributed by atoms with Crippen molar-refractivity contribution in [1.29, 1.82) is 0 Å². The van der Waals surface area contributed by atoms with Crippen LogP contribution in [0, 0.1) is 0 Å². The van der Waals surface area contributed by atoms with Gasteiger partial charge in [0.25, 0.3) is 0 Å². The Labute approximate surface area is 164 Å². The van der Waals surface area contributed by atoms with Crippen LogP contribution >= 0.6 is 0 Å². The smallest absolute Gasteiger partial charge is 0.240 e. The quantitative estimate of drug-likeness (QED) is 0.763. The van der Waals surface area contributed by atoms with Crippen molar-refractivity contribution in [2.24, 2.45) is 5.10 Å². The summed E-state index contributed by atoms with van der Waals surface area (Å²) in [6.45, 7) is 1.51. The van der Waals surface area contributed by atoms with Gasteiger partial charge in [0.15, 0.2) is 11.5 Å². The van der Waals surface area contributed by atoms with Gasteiger partial charge in [-0.1, -0.05) is 0 Å². The highest BCUT2D eigenvalue weighted by Gasteiger charge is 2.33. The summed E-state index contributed by atoms with van der Waals surface area (Å²) >= 11 is 0. The molecule has 1 amide bonds. The first-order valence-electron chi connectivity index (χ1n) is 8.84. The largest absolute Gasteiger partial charge is 0.497 e. The molecule has 1 heterocycles. The number of carbonyl (C=O) groups is 1. The molecule has 0 fully saturated rings. The number of carbonyl (C=O) groups excluding carboxylic acids is 1. The Bertz CT molecular complexity index is 867. The molecule has 2 aromatic rings. The van der Waals surface area contributed by atoms with Gasteiger partial charge in [0.1, 0.15) is 5.75 Å². The fraction of sp³-hybridized carbons (Fsp3) is 0.333. The molecule has 28 heavy (non-hydrogen) atoms. The Balaban J connectivity index is 1.99. The van der Waals surface area contributed by atoms with Gasteiger partial charge in [-0.05, 0) is 47.5 Å². The van der Waals surface area contributed by atoms with Crippen LogP contribution in [0.1, 0.15) is 30.5 Å². The fourth-order valence-electron chi connectivity index (χ4n) is 3.31. The van der Waals surface area contributed by atoms with Gasteiger partial charge < -0.3 is 18.9 Å². The second-order valence-electron chi connectivity index (χ2n) is 6.32. The highest BCUT2D eigenvalue weighted by atomic mass is 16.5. The van der Waals surface area contributed by atoms with E-state index in [0.29, 0.717) is 23.7 Å². The lowest BCUT2D eigenvalue weighted by atomic mass is 9.97. The maximum atomic E-state index is 12.3. The molecular formula is C21H24N2O5. The molecule has 0 spiro atoms. The molecule has 0 saturated carbocycles. The van der Waals surface area contributed by atoms with E-state index in [2.05, 4.69) is 5.10 Å². The van der Waals surface area contributed by atoms with Gasteiger partial charge in [-0.15, -0.1) is 0 Å². The molecule has 0 bridgehead atoms. The van der Waals surface area contributed by atoms with Crippen molar-refractivity contribution in [3.8, 4) is 23.0 Å². The monoisotopic (exact) mass is 384 g/mol. The molecule has 0 N–H and O–H groups in total. The lowest BCUT2D eigenvalue weighted by Crippen LogP contribution is -2.24. The number of benzene rings is 2. The Kier molecular flexibility index (Phi) is 5.73. The number of hydrogen-bond acceptors (Lipinski definition) is 6. The van der Waals surface area contributed by atoms with Crippen molar-refractivity contribution >= 4 is 11.6 Å². The van der Waals surface area contributed by atoms with Gasteiger partial charge in [0, 0.05) is 13.3 Å². The van der Waals surface area contributed by atoms with Gasteiger partial charge in [0.05, 0.1) is 40.2 Å². The third kappa shape index (κ3) is 3.60. The highest BCUT2D eigenvalue weighted by Crippen LogP contribution is 2.43. The van der Waals surface area contributed by atoms with Crippen LogP contribution < -0.4 is 18.9 Å². The first-order chi connectivity index (χ1) is 13.5. The molecule has 0 aromatic heterocycles. The summed E-state index contributed by atoms with van der Waals surface area (Å²) in [6, 6.07) is 11.1. The Morgan fingerprint density at radius 3 is 2.04 bits per heavy atom. The summed E-state index contributed by atoms with van der Waals surface area (Å²) in [6.07, 6.45) is 0.574. The SMILES string of the molecule is COc1ccc(C2=NN(C(C)=O)[C@@H](c3cc(OC)c(OC)c(OC)c3)C2)cc1. The number of nitrogens with zero attached hydrogens (tertiary/aromatic N) is 2. The van der Waals surface area contributed by atoms with Crippen LogP contribution in [0.3, 0.4) is 0 Å². The molecule has 2 aromatic carbocycles. The third-order valence-electron chi connectivity index (χ3n) is 4.73. The van der Waals surface area contributed by atoms with Crippen LogP contribution in [0.5, 0.6) is 23.0 Å². The lowest BCUT2D eigenvalue weighted by Gasteiger charge is -2.22. The summed E-state index contributed by atoms with van der Waals surface area (Å²) in [7, 11) is 6.32. The Morgan fingerprint density at radius 1 is 0.964 bits per heavy atom. The molecule has 1 aliphatic rings. The maximum absolute atomic E-state index is 12.3. The molecule has 1 atom stereocenters. The van der Waals surface area contributed by atoms with Gasteiger partial charge in [-0.25, -0.2) is 5.01 Å². The summed E-state index contributed by atoms with van der Waals surface area (Å²) in [4.78, 5) is 12.3. The third-order valence-corrected chi connectivity index (χ3v) is 4.73. The zero-order valence-electron chi connectivity index (χ0n) is 16.7. The van der Waals surface area contributed by atoms with Crippen molar-refractivity contribution in [3.05, 3.63) is 47.5 Å². The van der Waals surface area contributed by atoms with Crippen LogP contribution in [0.15, 0.2) is 41.5 Å². The van der Waals surface area contributed by atoms with Gasteiger partial charge in [-0.2, -0.15) is 5.10 Å². The number of hydrazone groups is 1. The van der Waals surface area contributed by atoms with Gasteiger partial charge in [0.2, 0.25) is 11.7 Å². The first kappa shape index (κ1) is 19.5. The maximum Gasteiger partial charge on any atom is 0.240 e. The first-order valence-corrected chi connectivity index (χ1v) is 8.84. The number of amides is 1. The van der Waals surface area contributed by atoms with E-state index in [1.807, 2.05) is 36.4 Å². The molecule has 148 valence electrons. The van der Waals surface area contributed by atoms with Crippen LogP contribution in [0.25, 0.3) is 0 Å². The molecule has 0 radical (unpaired) electrons. The molecule has 1 aliphatic heterocycles. The van der Waals surface area contributed by atoms with Crippen molar-refractivity contribution in [2.75, 3.05) is 28.4 Å². The molecule has 7 nitrogen and oxygen atoms in total. The van der Waals surface area contributed by atoms with Crippen molar-refractivity contribution < 1.29 is 23.7 Å². The van der Waals surface area contributed by atoms with E-state index in [1.54, 1.807) is 28.4 Å². The molecule has 0 saturated heterocycles. The summed E-state index contributed by atoms with van der Waals surface area (Å²) < 4.78 is 21.5. The van der Waals surface area contributed by atoms with Crippen molar-refractivity contribution in [3.63, 3.8) is 0 Å². The van der Waals surface area contributed by atoms with E-state index < -0.39 is 0 Å². The standard InChI is InChI=1S/C21H24N2O5/c1-13(24)23-18(12-17(22-23)14-6-8-16(25-2)9-7-14)15-10-19(26-3)21(28-5)20(11-15)27-4/h6-11,18H,12H2,1-5H3/t18-/m1/s1. The number of ether oxygens (including phenoxy) is 4. The van der Waals surface area contributed by atoms with E-state index in [4.69, 9.17) is 18.9 Å². The topological polar surface area (TPSA) is 69.6 Å². The van der Waals surface area contributed by atoms with Crippen LogP contribution in [-0.2, 0) is 4.79 Å². The molecule has 0 unspecified atom stereocenters. The van der Waals surface area contributed by atoms with Crippen LogP contribution in [0.4, 0.5) is 0 Å². The summed E-state index contributed by atoms with van der Waals surface area (Å²) in [5, 5.41) is 6.07. The van der Waals surface area contributed by atoms with Gasteiger partial charge >= 0.3 is 0 Å². The normalized spacial score (nSPS) is 15.8. The average molecular weight is 384 g/mol. The van der Waals surface area contributed by atoms with E-state index >= 15 is 0 Å². The second-order valence-corrected chi connectivity index (χ2v) is 6.32. The lowest BCUT2D eigenvalue weighted by molar-refractivity contribution is -0.130. The molecule has 3 rings (SSSR count). The molecule has 0 aliphatic carbocycles. The predicted molar refractivity (Wildman–Crippen MR) is 106 cm³/mol. The minimum absolute atomic E-state index is 0.137. The van der Waals surface area contributed by atoms with E-state index in [0.717, 1.165) is 22.6 Å². The zero-order chi connectivity index (χ0) is 20.3. The minimum Gasteiger partial charge on any atom is -0.497 e. The number of hydrogen-bond donors (Lipinski definition) is 0. The van der Waals surface area contributed by atoms with Crippen LogP contribution in [-0.4, -0.2) is 45.1 Å². The van der Waals surface area contributed by atoms with E-state index in [-0.39, 0.29) is 11.9 Å². The molecule has 7 heteroatoms. The zero-order valence-corrected chi connectivity index (χ0v) is 16.7. The van der Waals surface area contributed by atoms with Crippen molar-refractivity contribution in [2.45, 2.75) is 19.4 Å². The number of rotatable bonds is 6. The fourth-order valence-corrected chi connectivity index (χ4v) is 3.31. The highest BCUT2D eigenvalue weighted by molar-refractivity contribution is 6.03. The molecular weight excluding hydrogens is 360 g/mol. The van der Waals surface area contributed by atoms with Crippen LogP contribution in [0.2, 0.25) is 0 Å². The minimum atomic E-state index is -0.261. The van der Waals surface area contributed by atoms with E-state index in [1.165, 1.54) is 11.9 Å². The average Bonchev–Trinajstić information content (AvgIpc) is 3.18.